The Balaban J connectivity index is 1.92. The zero-order chi connectivity index (χ0) is 15.4. The number of hydrogen-bond donors (Lipinski definition) is 2. The van der Waals surface area contributed by atoms with Crippen LogP contribution in [0.5, 0.6) is 5.75 Å². The first-order chi connectivity index (χ1) is 9.97. The van der Waals surface area contributed by atoms with Gasteiger partial charge in [-0.3, -0.25) is 4.79 Å². The molecule has 0 aliphatic heterocycles. The van der Waals surface area contributed by atoms with E-state index < -0.39 is 12.2 Å². The van der Waals surface area contributed by atoms with Crippen molar-refractivity contribution in [2.75, 3.05) is 0 Å². The molecular weight excluding hydrogens is 290 g/mol. The Morgan fingerprint density at radius 1 is 1.43 bits per heavy atom. The van der Waals surface area contributed by atoms with Crippen LogP contribution in [0.25, 0.3) is 0 Å². The molecule has 5 heteroatoms. The molecule has 0 spiro atoms. The van der Waals surface area contributed by atoms with Crippen LogP contribution in [0.4, 0.5) is 0 Å². The summed E-state index contributed by atoms with van der Waals surface area (Å²) in [5.41, 5.74) is 0.889. The highest BCUT2D eigenvalue weighted by Crippen LogP contribution is 2.23. The molecule has 1 aliphatic carbocycles. The van der Waals surface area contributed by atoms with E-state index in [-0.39, 0.29) is 11.9 Å². The predicted molar refractivity (Wildman–Crippen MR) is 82.7 cm³/mol. The van der Waals surface area contributed by atoms with Gasteiger partial charge >= 0.3 is 0 Å². The lowest BCUT2D eigenvalue weighted by Crippen LogP contribution is -2.49. The molecule has 0 bridgehead atoms. The Labute approximate surface area is 130 Å². The number of aryl methyl sites for hydroxylation is 1. The number of rotatable bonds is 4. The highest BCUT2D eigenvalue weighted by atomic mass is 35.5. The second-order valence-electron chi connectivity index (χ2n) is 5.64. The molecule has 1 aromatic carbocycles. The molecule has 1 unspecified atom stereocenters. The molecule has 1 saturated carbocycles. The van der Waals surface area contributed by atoms with Crippen molar-refractivity contribution in [2.24, 2.45) is 0 Å². The van der Waals surface area contributed by atoms with Crippen molar-refractivity contribution < 1.29 is 14.6 Å². The van der Waals surface area contributed by atoms with Gasteiger partial charge in [-0.05, 0) is 50.5 Å². The van der Waals surface area contributed by atoms with E-state index in [2.05, 4.69) is 5.32 Å². The number of carbonyl (C=O) groups is 1. The van der Waals surface area contributed by atoms with Gasteiger partial charge in [0.15, 0.2) is 6.10 Å². The number of nitrogens with one attached hydrogen (secondary N) is 1. The molecule has 21 heavy (non-hydrogen) atoms. The molecule has 0 heterocycles. The van der Waals surface area contributed by atoms with Gasteiger partial charge in [-0.1, -0.05) is 24.4 Å². The first-order valence-electron chi connectivity index (χ1n) is 7.38. The van der Waals surface area contributed by atoms with Crippen molar-refractivity contribution in [1.29, 1.82) is 0 Å². The largest absolute Gasteiger partial charge is 0.481 e. The van der Waals surface area contributed by atoms with Crippen molar-refractivity contribution in [2.45, 2.75) is 57.8 Å². The normalized spacial score (nSPS) is 23.4. The Hall–Kier alpha value is -1.26. The molecule has 0 saturated heterocycles. The summed E-state index contributed by atoms with van der Waals surface area (Å²) >= 11 is 5.90. The summed E-state index contributed by atoms with van der Waals surface area (Å²) in [4.78, 5) is 12.2. The average Bonchev–Trinajstić information content (AvgIpc) is 2.44. The smallest absolute Gasteiger partial charge is 0.261 e. The summed E-state index contributed by atoms with van der Waals surface area (Å²) in [6.45, 7) is 3.59. The summed E-state index contributed by atoms with van der Waals surface area (Å²) in [5.74, 6) is 0.446. The zero-order valence-corrected chi connectivity index (χ0v) is 13.2. The van der Waals surface area contributed by atoms with E-state index >= 15 is 0 Å². The van der Waals surface area contributed by atoms with Crippen LogP contribution in [0.2, 0.25) is 5.02 Å². The fraction of sp³-hybridized carbons (Fsp3) is 0.562. The molecule has 1 fully saturated rings. The molecule has 1 aliphatic rings. The standard InChI is InChI=1S/C16H22ClNO3/c1-10-9-12(17)7-8-15(10)21-11(2)16(20)18-13-5-3-4-6-14(13)19/h7-9,11,13-14,19H,3-6H2,1-2H3,(H,18,20)/t11?,13-,14-/m1/s1. The van der Waals surface area contributed by atoms with Gasteiger partial charge in [-0.2, -0.15) is 0 Å². The topological polar surface area (TPSA) is 58.6 Å². The molecule has 2 N–H and O–H groups in total. The van der Waals surface area contributed by atoms with Gasteiger partial charge in [0.1, 0.15) is 5.75 Å². The van der Waals surface area contributed by atoms with Crippen molar-refractivity contribution in [3.63, 3.8) is 0 Å². The van der Waals surface area contributed by atoms with Crippen molar-refractivity contribution in [1.82, 2.24) is 5.32 Å². The minimum atomic E-state index is -0.612. The van der Waals surface area contributed by atoms with Crippen LogP contribution < -0.4 is 10.1 Å². The van der Waals surface area contributed by atoms with E-state index in [1.165, 1.54) is 0 Å². The lowest BCUT2D eigenvalue weighted by atomic mass is 9.92. The van der Waals surface area contributed by atoms with Crippen LogP contribution in [0.15, 0.2) is 18.2 Å². The Morgan fingerprint density at radius 2 is 2.14 bits per heavy atom. The first-order valence-corrected chi connectivity index (χ1v) is 7.76. The van der Waals surface area contributed by atoms with Gasteiger partial charge in [0.2, 0.25) is 0 Å². The molecule has 0 radical (unpaired) electrons. The minimum Gasteiger partial charge on any atom is -0.481 e. The third kappa shape index (κ3) is 4.35. The maximum Gasteiger partial charge on any atom is 0.261 e. The molecule has 0 aromatic heterocycles. The lowest BCUT2D eigenvalue weighted by molar-refractivity contribution is -0.129. The number of amides is 1. The Kier molecular flexibility index (Phi) is 5.48. The lowest BCUT2D eigenvalue weighted by Gasteiger charge is -2.29. The first kappa shape index (κ1) is 16.1. The number of halogens is 1. The van der Waals surface area contributed by atoms with Crippen LogP contribution in [0.1, 0.15) is 38.2 Å². The van der Waals surface area contributed by atoms with E-state index in [4.69, 9.17) is 16.3 Å². The van der Waals surface area contributed by atoms with Gasteiger partial charge < -0.3 is 15.2 Å². The number of carbonyl (C=O) groups excluding carboxylic acids is 1. The fourth-order valence-corrected chi connectivity index (χ4v) is 2.80. The second-order valence-corrected chi connectivity index (χ2v) is 6.07. The Morgan fingerprint density at radius 3 is 2.81 bits per heavy atom. The fourth-order valence-electron chi connectivity index (χ4n) is 2.57. The number of aliphatic hydroxyl groups excluding tert-OH is 1. The second kappa shape index (κ2) is 7.14. The van der Waals surface area contributed by atoms with Crippen LogP contribution in [-0.4, -0.2) is 29.3 Å². The highest BCUT2D eigenvalue weighted by molar-refractivity contribution is 6.30. The Bertz CT molecular complexity index is 506. The van der Waals surface area contributed by atoms with Crippen LogP contribution in [-0.2, 0) is 4.79 Å². The molecule has 4 nitrogen and oxygen atoms in total. The van der Waals surface area contributed by atoms with Crippen molar-refractivity contribution in [3.05, 3.63) is 28.8 Å². The summed E-state index contributed by atoms with van der Waals surface area (Å²) in [5, 5.41) is 13.4. The molecule has 116 valence electrons. The summed E-state index contributed by atoms with van der Waals surface area (Å²) < 4.78 is 5.69. The van der Waals surface area contributed by atoms with Gasteiger partial charge in [-0.25, -0.2) is 0 Å². The van der Waals surface area contributed by atoms with Crippen molar-refractivity contribution in [3.8, 4) is 5.75 Å². The van der Waals surface area contributed by atoms with Crippen LogP contribution >= 0.6 is 11.6 Å². The summed E-state index contributed by atoms with van der Waals surface area (Å²) in [7, 11) is 0. The van der Waals surface area contributed by atoms with Gasteiger partial charge in [0.25, 0.3) is 5.91 Å². The maximum absolute atomic E-state index is 12.2. The molecule has 1 aromatic rings. The van der Waals surface area contributed by atoms with E-state index in [0.29, 0.717) is 10.8 Å². The van der Waals surface area contributed by atoms with E-state index in [1.54, 1.807) is 25.1 Å². The van der Waals surface area contributed by atoms with Gasteiger partial charge in [0.05, 0.1) is 12.1 Å². The van der Waals surface area contributed by atoms with Crippen molar-refractivity contribution >= 4 is 17.5 Å². The average molecular weight is 312 g/mol. The third-order valence-corrected chi connectivity index (χ3v) is 4.10. The van der Waals surface area contributed by atoms with E-state index in [0.717, 1.165) is 31.2 Å². The molecule has 1 amide bonds. The van der Waals surface area contributed by atoms with E-state index in [1.807, 2.05) is 6.92 Å². The third-order valence-electron chi connectivity index (χ3n) is 3.87. The van der Waals surface area contributed by atoms with Crippen LogP contribution in [0.3, 0.4) is 0 Å². The molecule has 3 atom stereocenters. The summed E-state index contributed by atoms with van der Waals surface area (Å²) in [6.07, 6.45) is 2.55. The maximum atomic E-state index is 12.2. The quantitative estimate of drug-likeness (QED) is 0.899. The number of hydrogen-bond acceptors (Lipinski definition) is 3. The number of ether oxygens (including phenoxy) is 1. The molecule has 2 rings (SSSR count). The monoisotopic (exact) mass is 311 g/mol. The number of aliphatic hydroxyl groups is 1. The highest BCUT2D eigenvalue weighted by Gasteiger charge is 2.26. The molecular formula is C16H22ClNO3. The minimum absolute atomic E-state index is 0.163. The van der Waals surface area contributed by atoms with E-state index in [9.17, 15) is 9.90 Å². The van der Waals surface area contributed by atoms with Crippen LogP contribution in [0, 0.1) is 6.92 Å². The summed E-state index contributed by atoms with van der Waals surface area (Å²) in [6, 6.07) is 5.13. The van der Waals surface area contributed by atoms with Gasteiger partial charge in [0, 0.05) is 5.02 Å². The SMILES string of the molecule is Cc1cc(Cl)ccc1OC(C)C(=O)N[C@@H]1CCCC[C@H]1O. The van der Waals surface area contributed by atoms with Gasteiger partial charge in [-0.15, -0.1) is 0 Å². The predicted octanol–water partition coefficient (Wildman–Crippen LogP) is 2.84. The zero-order valence-electron chi connectivity index (χ0n) is 12.4. The number of benzene rings is 1.